The van der Waals surface area contributed by atoms with Gasteiger partial charge in [0.15, 0.2) is 11.9 Å². The van der Waals surface area contributed by atoms with Crippen LogP contribution >= 0.6 is 0 Å². The van der Waals surface area contributed by atoms with Gasteiger partial charge in [0.25, 0.3) is 0 Å². The SMILES string of the molecule is C[C@H]1[C@H](OC(=O)Cc2ccc(-c3ccccc3)cc2)O[C@@H]2O[C@]3(C)CC[C@H]4[C@H](C)CC[C@@H]1[C@@]24OO3. The molecular formula is C29H34O6. The molecule has 4 heterocycles. The predicted molar refractivity (Wildman–Crippen MR) is 129 cm³/mol. The van der Waals surface area contributed by atoms with Crippen LogP contribution in [0.15, 0.2) is 54.6 Å². The van der Waals surface area contributed by atoms with Gasteiger partial charge in [-0.05, 0) is 54.7 Å². The molecule has 1 spiro atoms. The molecule has 0 radical (unpaired) electrons. The van der Waals surface area contributed by atoms with Crippen molar-refractivity contribution in [3.63, 3.8) is 0 Å². The Morgan fingerprint density at radius 2 is 1.69 bits per heavy atom. The number of hydrogen-bond donors (Lipinski definition) is 0. The molecule has 6 heteroatoms. The van der Waals surface area contributed by atoms with Crippen molar-refractivity contribution in [2.45, 2.75) is 76.8 Å². The maximum Gasteiger partial charge on any atom is 0.312 e. The fraction of sp³-hybridized carbons (Fsp3) is 0.552. The number of rotatable bonds is 4. The topological polar surface area (TPSA) is 63.2 Å². The molecular weight excluding hydrogens is 444 g/mol. The first kappa shape index (κ1) is 23.2. The van der Waals surface area contributed by atoms with Crippen molar-refractivity contribution in [3.8, 4) is 11.1 Å². The average Bonchev–Trinajstić information content (AvgIpc) is 3.09. The van der Waals surface area contributed by atoms with E-state index in [0.717, 1.165) is 42.4 Å². The molecule has 35 heavy (non-hydrogen) atoms. The van der Waals surface area contributed by atoms with Gasteiger partial charge in [0.2, 0.25) is 12.1 Å². The molecule has 5 fully saturated rings. The third-order valence-corrected chi connectivity index (χ3v) is 8.75. The minimum absolute atomic E-state index is 0.0275. The Labute approximate surface area is 206 Å². The quantitative estimate of drug-likeness (QED) is 0.418. The van der Waals surface area contributed by atoms with Crippen molar-refractivity contribution in [1.29, 1.82) is 0 Å². The van der Waals surface area contributed by atoms with E-state index >= 15 is 0 Å². The van der Waals surface area contributed by atoms with Crippen LogP contribution in [0.25, 0.3) is 11.1 Å². The predicted octanol–water partition coefficient (Wildman–Crippen LogP) is 5.65. The second-order valence-corrected chi connectivity index (χ2v) is 11.0. The van der Waals surface area contributed by atoms with E-state index in [4.69, 9.17) is 24.0 Å². The van der Waals surface area contributed by atoms with Gasteiger partial charge in [-0.3, -0.25) is 4.79 Å². The molecule has 4 saturated heterocycles. The average molecular weight is 479 g/mol. The van der Waals surface area contributed by atoms with E-state index in [0.29, 0.717) is 5.92 Å². The molecule has 0 unspecified atom stereocenters. The van der Waals surface area contributed by atoms with Gasteiger partial charge in [-0.25, -0.2) is 9.78 Å². The largest absolute Gasteiger partial charge is 0.435 e. The number of fused-ring (bicyclic) bond motifs is 2. The normalized spacial score (nSPS) is 40.0. The van der Waals surface area contributed by atoms with Crippen LogP contribution in [-0.2, 0) is 35.2 Å². The zero-order chi connectivity index (χ0) is 24.2. The number of ether oxygens (including phenoxy) is 3. The molecule has 2 aromatic rings. The van der Waals surface area contributed by atoms with Crippen LogP contribution in [0.1, 0.15) is 52.0 Å². The molecule has 4 aliphatic heterocycles. The Kier molecular flexibility index (Phi) is 5.76. The van der Waals surface area contributed by atoms with Gasteiger partial charge in [-0.1, -0.05) is 68.4 Å². The number of hydrogen-bond acceptors (Lipinski definition) is 6. The lowest BCUT2D eigenvalue weighted by Crippen LogP contribution is -2.70. The summed E-state index contributed by atoms with van der Waals surface area (Å²) < 4.78 is 18.7. The minimum atomic E-state index is -0.840. The fourth-order valence-corrected chi connectivity index (χ4v) is 6.79. The second-order valence-electron chi connectivity index (χ2n) is 11.0. The smallest absolute Gasteiger partial charge is 0.312 e. The highest BCUT2D eigenvalue weighted by Crippen LogP contribution is 2.60. The summed E-state index contributed by atoms with van der Waals surface area (Å²) in [4.78, 5) is 25.0. The van der Waals surface area contributed by atoms with Gasteiger partial charge < -0.3 is 14.2 Å². The van der Waals surface area contributed by atoms with Crippen LogP contribution < -0.4 is 0 Å². The zero-order valence-corrected chi connectivity index (χ0v) is 20.6. The summed E-state index contributed by atoms with van der Waals surface area (Å²) >= 11 is 0. The minimum Gasteiger partial charge on any atom is -0.435 e. The van der Waals surface area contributed by atoms with Crippen LogP contribution in [0.2, 0.25) is 0 Å². The van der Waals surface area contributed by atoms with Gasteiger partial charge in [-0.15, -0.1) is 0 Å². The summed E-state index contributed by atoms with van der Waals surface area (Å²) in [5.74, 6) is -0.248. The maximum atomic E-state index is 13.0. The van der Waals surface area contributed by atoms with Gasteiger partial charge in [0.1, 0.15) is 0 Å². The third kappa shape index (κ3) is 3.91. The lowest BCUT2D eigenvalue weighted by Gasteiger charge is -2.59. The summed E-state index contributed by atoms with van der Waals surface area (Å²) in [5.41, 5.74) is 2.53. The summed E-state index contributed by atoms with van der Waals surface area (Å²) in [7, 11) is 0. The van der Waals surface area contributed by atoms with Crippen molar-refractivity contribution in [2.75, 3.05) is 0 Å². The van der Waals surface area contributed by atoms with Crippen LogP contribution in [0.3, 0.4) is 0 Å². The van der Waals surface area contributed by atoms with Crippen molar-refractivity contribution in [3.05, 3.63) is 60.2 Å². The molecule has 2 bridgehead atoms. The first-order valence-electron chi connectivity index (χ1n) is 12.9. The molecule has 5 aliphatic rings. The van der Waals surface area contributed by atoms with Crippen LogP contribution in [-0.4, -0.2) is 29.9 Å². The highest BCUT2D eigenvalue weighted by atomic mass is 17.3. The third-order valence-electron chi connectivity index (χ3n) is 8.75. The highest BCUT2D eigenvalue weighted by molar-refractivity contribution is 5.73. The lowest BCUT2D eigenvalue weighted by molar-refractivity contribution is -0.576. The van der Waals surface area contributed by atoms with Gasteiger partial charge in [0.05, 0.1) is 6.42 Å². The summed E-state index contributed by atoms with van der Waals surface area (Å²) in [6, 6.07) is 18.2. The van der Waals surface area contributed by atoms with E-state index in [9.17, 15) is 4.79 Å². The van der Waals surface area contributed by atoms with E-state index < -0.39 is 24.0 Å². The Balaban J connectivity index is 1.17. The Hall–Kier alpha value is -2.25. The summed E-state index contributed by atoms with van der Waals surface area (Å²) in [5, 5.41) is 0. The number of carbonyl (C=O) groups is 1. The first-order chi connectivity index (χ1) is 16.9. The molecule has 0 aromatic heterocycles. The van der Waals surface area contributed by atoms with Crippen molar-refractivity contribution in [2.24, 2.45) is 23.7 Å². The standard InChI is InChI=1S/C29H34O6/c1-18-9-14-24-19(2)26(32-27-29(24)23(18)15-16-28(3,33-27)34-35-29)31-25(30)17-20-10-12-22(13-11-20)21-7-5-4-6-8-21/h4-8,10-13,18-19,23-24,26-27H,9,14-17H2,1-3H3/t18-,19-,23+,24+,26-,27-,28+,29-/m1/s1. The molecule has 1 aliphatic carbocycles. The molecule has 1 saturated carbocycles. The number of benzene rings is 2. The Morgan fingerprint density at radius 1 is 0.943 bits per heavy atom. The van der Waals surface area contributed by atoms with E-state index in [1.54, 1.807) is 0 Å². The molecule has 0 amide bonds. The molecule has 186 valence electrons. The van der Waals surface area contributed by atoms with E-state index in [-0.39, 0.29) is 30.1 Å². The summed E-state index contributed by atoms with van der Waals surface area (Å²) in [6.07, 6.45) is 2.73. The maximum absolute atomic E-state index is 13.0. The van der Waals surface area contributed by atoms with Crippen LogP contribution in [0.5, 0.6) is 0 Å². The molecule has 8 atom stereocenters. The van der Waals surface area contributed by atoms with E-state index in [2.05, 4.69) is 26.0 Å². The number of carbonyl (C=O) groups excluding carboxylic acids is 1. The summed E-state index contributed by atoms with van der Waals surface area (Å²) in [6.45, 7) is 6.28. The van der Waals surface area contributed by atoms with Gasteiger partial charge in [0, 0.05) is 18.3 Å². The second kappa shape index (κ2) is 8.70. The molecule has 2 aromatic carbocycles. The van der Waals surface area contributed by atoms with E-state index in [1.807, 2.05) is 49.4 Å². The fourth-order valence-electron chi connectivity index (χ4n) is 6.79. The highest BCUT2D eigenvalue weighted by Gasteiger charge is 2.69. The first-order valence-corrected chi connectivity index (χ1v) is 12.9. The monoisotopic (exact) mass is 478 g/mol. The Morgan fingerprint density at radius 3 is 2.46 bits per heavy atom. The molecule has 0 N–H and O–H groups in total. The van der Waals surface area contributed by atoms with Crippen molar-refractivity contribution >= 4 is 5.97 Å². The Bertz CT molecular complexity index is 1070. The van der Waals surface area contributed by atoms with Crippen molar-refractivity contribution in [1.82, 2.24) is 0 Å². The van der Waals surface area contributed by atoms with Crippen LogP contribution in [0, 0.1) is 23.7 Å². The van der Waals surface area contributed by atoms with Gasteiger partial charge >= 0.3 is 5.97 Å². The molecule has 7 rings (SSSR count). The van der Waals surface area contributed by atoms with Crippen LogP contribution in [0.4, 0.5) is 0 Å². The zero-order valence-electron chi connectivity index (χ0n) is 20.6. The van der Waals surface area contributed by atoms with Gasteiger partial charge in [-0.2, -0.15) is 0 Å². The van der Waals surface area contributed by atoms with Crippen molar-refractivity contribution < 1.29 is 28.8 Å². The van der Waals surface area contributed by atoms with E-state index in [1.165, 1.54) is 0 Å². The lowest BCUT2D eigenvalue weighted by atomic mass is 9.58. The number of esters is 1. The molecule has 6 nitrogen and oxygen atoms in total.